The molecular formula is C26H32FN5O3. The summed E-state index contributed by atoms with van der Waals surface area (Å²) in [4.78, 5) is 45.2. The number of hydrogen-bond donors (Lipinski definition) is 1. The number of nitrogens with one attached hydrogen (secondary N) is 1. The van der Waals surface area contributed by atoms with Crippen LogP contribution in [0.4, 0.5) is 10.1 Å². The first-order chi connectivity index (χ1) is 16.9. The van der Waals surface area contributed by atoms with Crippen LogP contribution in [0.3, 0.4) is 0 Å². The molecule has 2 aliphatic rings. The van der Waals surface area contributed by atoms with Crippen molar-refractivity contribution in [2.24, 2.45) is 0 Å². The highest BCUT2D eigenvalue weighted by atomic mass is 19.1. The molecule has 9 heteroatoms. The molecule has 0 aromatic heterocycles. The Morgan fingerprint density at radius 2 is 1.71 bits per heavy atom. The second-order valence-corrected chi connectivity index (χ2v) is 8.99. The summed E-state index contributed by atoms with van der Waals surface area (Å²) in [5, 5.41) is 2.63. The van der Waals surface area contributed by atoms with Gasteiger partial charge in [0.25, 0.3) is 5.91 Å². The van der Waals surface area contributed by atoms with Gasteiger partial charge in [0.05, 0.1) is 18.3 Å². The van der Waals surface area contributed by atoms with Crippen LogP contribution in [-0.4, -0.2) is 91.8 Å². The molecule has 1 unspecified atom stereocenters. The van der Waals surface area contributed by atoms with Gasteiger partial charge in [-0.15, -0.1) is 0 Å². The average molecular weight is 482 g/mol. The predicted molar refractivity (Wildman–Crippen MR) is 132 cm³/mol. The molecule has 186 valence electrons. The molecule has 1 N–H and O–H groups in total. The zero-order valence-corrected chi connectivity index (χ0v) is 20.2. The Morgan fingerprint density at radius 3 is 2.40 bits per heavy atom. The Labute approximate surface area is 205 Å². The smallest absolute Gasteiger partial charge is 0.251 e. The first-order valence-corrected chi connectivity index (χ1v) is 12.0. The Kier molecular flexibility index (Phi) is 7.65. The first-order valence-electron chi connectivity index (χ1n) is 12.0. The van der Waals surface area contributed by atoms with Gasteiger partial charge < -0.3 is 20.0 Å². The van der Waals surface area contributed by atoms with E-state index >= 15 is 0 Å². The Balaban J connectivity index is 1.39. The van der Waals surface area contributed by atoms with Gasteiger partial charge in [0, 0.05) is 65.3 Å². The molecule has 2 aliphatic heterocycles. The summed E-state index contributed by atoms with van der Waals surface area (Å²) in [5.41, 5.74) is 1.98. The number of rotatable bonds is 5. The van der Waals surface area contributed by atoms with Crippen molar-refractivity contribution in [3.63, 3.8) is 0 Å². The highest BCUT2D eigenvalue weighted by molar-refractivity contribution is 5.94. The SMILES string of the molecule is CNC(=O)c1cccc(C2CN(CC(=O)N3CCN(c4ccccc4F)CC3)CCN2C(C)=O)c1. The molecule has 3 amide bonds. The lowest BCUT2D eigenvalue weighted by molar-refractivity contribution is -0.136. The first kappa shape index (κ1) is 24.7. The molecule has 1 atom stereocenters. The van der Waals surface area contributed by atoms with E-state index in [1.54, 1.807) is 37.1 Å². The van der Waals surface area contributed by atoms with E-state index in [0.29, 0.717) is 57.1 Å². The molecule has 0 bridgehead atoms. The van der Waals surface area contributed by atoms with Gasteiger partial charge in [0.15, 0.2) is 0 Å². The largest absolute Gasteiger partial charge is 0.366 e. The van der Waals surface area contributed by atoms with Gasteiger partial charge in [-0.25, -0.2) is 4.39 Å². The van der Waals surface area contributed by atoms with Gasteiger partial charge in [-0.3, -0.25) is 19.3 Å². The molecule has 35 heavy (non-hydrogen) atoms. The lowest BCUT2D eigenvalue weighted by Gasteiger charge is -2.42. The molecule has 4 rings (SSSR count). The van der Waals surface area contributed by atoms with Crippen molar-refractivity contribution in [1.29, 1.82) is 0 Å². The number of anilines is 1. The number of halogens is 1. The van der Waals surface area contributed by atoms with Crippen LogP contribution in [0.15, 0.2) is 48.5 Å². The number of benzene rings is 2. The van der Waals surface area contributed by atoms with E-state index in [1.807, 2.05) is 34.1 Å². The van der Waals surface area contributed by atoms with Crippen molar-refractivity contribution in [3.8, 4) is 0 Å². The van der Waals surface area contributed by atoms with Crippen LogP contribution >= 0.6 is 0 Å². The van der Waals surface area contributed by atoms with Crippen LogP contribution < -0.4 is 10.2 Å². The minimum atomic E-state index is -0.248. The maximum Gasteiger partial charge on any atom is 0.251 e. The van der Waals surface area contributed by atoms with Gasteiger partial charge in [-0.1, -0.05) is 24.3 Å². The van der Waals surface area contributed by atoms with Crippen molar-refractivity contribution in [2.45, 2.75) is 13.0 Å². The number of carbonyl (C=O) groups is 3. The molecular weight excluding hydrogens is 449 g/mol. The van der Waals surface area contributed by atoms with Gasteiger partial charge in [-0.05, 0) is 29.8 Å². The molecule has 2 aromatic carbocycles. The molecule has 2 fully saturated rings. The van der Waals surface area contributed by atoms with E-state index in [1.165, 1.54) is 6.07 Å². The van der Waals surface area contributed by atoms with Crippen molar-refractivity contribution in [2.75, 3.05) is 64.3 Å². The molecule has 0 aliphatic carbocycles. The lowest BCUT2D eigenvalue weighted by Crippen LogP contribution is -2.55. The van der Waals surface area contributed by atoms with E-state index in [-0.39, 0.29) is 36.1 Å². The zero-order valence-electron chi connectivity index (χ0n) is 20.2. The van der Waals surface area contributed by atoms with Gasteiger partial charge in [0.2, 0.25) is 11.8 Å². The van der Waals surface area contributed by atoms with E-state index in [2.05, 4.69) is 10.2 Å². The number of para-hydroxylation sites is 1. The van der Waals surface area contributed by atoms with E-state index in [4.69, 9.17) is 0 Å². The molecule has 0 spiro atoms. The highest BCUT2D eigenvalue weighted by Crippen LogP contribution is 2.27. The van der Waals surface area contributed by atoms with Crippen LogP contribution in [0.5, 0.6) is 0 Å². The number of hydrogen-bond acceptors (Lipinski definition) is 5. The maximum absolute atomic E-state index is 14.1. The molecule has 2 saturated heterocycles. The van der Waals surface area contributed by atoms with Crippen LogP contribution in [0.1, 0.15) is 28.9 Å². The summed E-state index contributed by atoms with van der Waals surface area (Å²) >= 11 is 0. The summed E-state index contributed by atoms with van der Waals surface area (Å²) in [6.45, 7) is 5.68. The number of carbonyl (C=O) groups excluding carboxylic acids is 3. The van der Waals surface area contributed by atoms with Crippen molar-refractivity contribution in [1.82, 2.24) is 20.0 Å². The van der Waals surface area contributed by atoms with Crippen molar-refractivity contribution >= 4 is 23.4 Å². The molecule has 0 radical (unpaired) electrons. The lowest BCUT2D eigenvalue weighted by atomic mass is 9.99. The maximum atomic E-state index is 14.1. The van der Waals surface area contributed by atoms with Crippen LogP contribution in [-0.2, 0) is 9.59 Å². The minimum Gasteiger partial charge on any atom is -0.366 e. The van der Waals surface area contributed by atoms with Crippen LogP contribution in [0.25, 0.3) is 0 Å². The van der Waals surface area contributed by atoms with Crippen molar-refractivity contribution < 1.29 is 18.8 Å². The number of piperazine rings is 2. The fourth-order valence-electron chi connectivity index (χ4n) is 4.87. The summed E-state index contributed by atoms with van der Waals surface area (Å²) in [6.07, 6.45) is 0. The van der Waals surface area contributed by atoms with Crippen LogP contribution in [0.2, 0.25) is 0 Å². The second-order valence-electron chi connectivity index (χ2n) is 8.99. The average Bonchev–Trinajstić information content (AvgIpc) is 2.88. The quantitative estimate of drug-likeness (QED) is 0.704. The summed E-state index contributed by atoms with van der Waals surface area (Å²) in [6, 6.07) is 13.8. The Morgan fingerprint density at radius 1 is 0.971 bits per heavy atom. The highest BCUT2D eigenvalue weighted by Gasteiger charge is 2.32. The van der Waals surface area contributed by atoms with Crippen molar-refractivity contribution in [3.05, 3.63) is 65.5 Å². The molecule has 2 aromatic rings. The molecule has 2 heterocycles. The standard InChI is InChI=1S/C26H32FN5O3/c1-19(33)32-15-10-29(17-24(32)20-6-5-7-21(16-20)26(35)28-2)18-25(34)31-13-11-30(12-14-31)23-9-4-3-8-22(23)27/h3-9,16,24H,10-15,17-18H2,1-2H3,(H,28,35). The zero-order chi connectivity index (χ0) is 24.9. The summed E-state index contributed by atoms with van der Waals surface area (Å²) in [7, 11) is 1.58. The Hall–Kier alpha value is -3.46. The number of amides is 3. The topological polar surface area (TPSA) is 76.2 Å². The van der Waals surface area contributed by atoms with Gasteiger partial charge in [-0.2, -0.15) is 0 Å². The molecule has 8 nitrogen and oxygen atoms in total. The molecule has 0 saturated carbocycles. The monoisotopic (exact) mass is 481 g/mol. The Bertz CT molecular complexity index is 1090. The van der Waals surface area contributed by atoms with E-state index < -0.39 is 0 Å². The van der Waals surface area contributed by atoms with E-state index in [0.717, 1.165) is 5.56 Å². The van der Waals surface area contributed by atoms with Gasteiger partial charge in [0.1, 0.15) is 5.82 Å². The van der Waals surface area contributed by atoms with Gasteiger partial charge >= 0.3 is 0 Å². The minimum absolute atomic E-state index is 0.0319. The number of nitrogens with zero attached hydrogens (tertiary/aromatic N) is 4. The van der Waals surface area contributed by atoms with E-state index in [9.17, 15) is 18.8 Å². The predicted octanol–water partition coefficient (Wildman–Crippen LogP) is 1.74. The third-order valence-corrected chi connectivity index (χ3v) is 6.81. The summed E-state index contributed by atoms with van der Waals surface area (Å²) in [5.74, 6) is -0.427. The fourth-order valence-corrected chi connectivity index (χ4v) is 4.87. The normalized spacial score (nSPS) is 18.9. The second kappa shape index (κ2) is 10.9. The summed E-state index contributed by atoms with van der Waals surface area (Å²) < 4.78 is 14.1. The third-order valence-electron chi connectivity index (χ3n) is 6.81. The van der Waals surface area contributed by atoms with Crippen LogP contribution in [0, 0.1) is 5.82 Å². The third kappa shape index (κ3) is 5.62. The fraction of sp³-hybridized carbons (Fsp3) is 0.423.